The Morgan fingerprint density at radius 1 is 1.12 bits per heavy atom. The van der Waals surface area contributed by atoms with Crippen LogP contribution < -0.4 is 10.2 Å². The van der Waals surface area contributed by atoms with Crippen molar-refractivity contribution in [1.82, 2.24) is 10.2 Å². The number of carbonyl (C=O) groups excluding carboxylic acids is 1. The van der Waals surface area contributed by atoms with Crippen molar-refractivity contribution in [3.8, 4) is 0 Å². The number of likely N-dealkylation sites (N-methyl/N-ethyl adjacent to an activating group) is 1. The SMILES string of the molecule is CN(C)c1ccc([C@@H](CNC(=O)c2cccc([N+](=O)[O-])c2)N(C)C)cc1. The Morgan fingerprint density at radius 2 is 1.77 bits per heavy atom. The lowest BCUT2D eigenvalue weighted by atomic mass is 10.0. The number of nitrogens with one attached hydrogen (secondary N) is 1. The van der Waals surface area contributed by atoms with E-state index in [-0.39, 0.29) is 23.2 Å². The minimum absolute atomic E-state index is 0.00568. The van der Waals surface area contributed by atoms with Gasteiger partial charge < -0.3 is 15.1 Å². The van der Waals surface area contributed by atoms with Crippen LogP contribution in [0.4, 0.5) is 11.4 Å². The van der Waals surface area contributed by atoms with Crippen LogP contribution >= 0.6 is 0 Å². The van der Waals surface area contributed by atoms with E-state index in [1.54, 1.807) is 6.07 Å². The predicted molar refractivity (Wildman–Crippen MR) is 103 cm³/mol. The van der Waals surface area contributed by atoms with E-state index in [4.69, 9.17) is 0 Å². The van der Waals surface area contributed by atoms with Crippen LogP contribution in [0.3, 0.4) is 0 Å². The van der Waals surface area contributed by atoms with E-state index in [2.05, 4.69) is 5.32 Å². The maximum atomic E-state index is 12.4. The first-order valence-corrected chi connectivity index (χ1v) is 8.26. The second-order valence-corrected chi connectivity index (χ2v) is 6.48. The van der Waals surface area contributed by atoms with Gasteiger partial charge in [0, 0.05) is 44.0 Å². The van der Waals surface area contributed by atoms with E-state index in [1.165, 1.54) is 18.2 Å². The zero-order valence-corrected chi connectivity index (χ0v) is 15.5. The van der Waals surface area contributed by atoms with Gasteiger partial charge in [-0.05, 0) is 37.9 Å². The maximum absolute atomic E-state index is 12.4. The molecule has 1 N–H and O–H groups in total. The lowest BCUT2D eigenvalue weighted by molar-refractivity contribution is -0.384. The van der Waals surface area contributed by atoms with Crippen LogP contribution in [0, 0.1) is 10.1 Å². The average molecular weight is 356 g/mol. The first-order valence-electron chi connectivity index (χ1n) is 8.26. The fourth-order valence-corrected chi connectivity index (χ4v) is 2.65. The lowest BCUT2D eigenvalue weighted by Crippen LogP contribution is -2.34. The van der Waals surface area contributed by atoms with Gasteiger partial charge in [0.25, 0.3) is 11.6 Å². The monoisotopic (exact) mass is 356 g/mol. The zero-order chi connectivity index (χ0) is 19.3. The molecular weight excluding hydrogens is 332 g/mol. The van der Waals surface area contributed by atoms with Crippen molar-refractivity contribution in [3.05, 3.63) is 69.8 Å². The summed E-state index contributed by atoms with van der Waals surface area (Å²) in [6.45, 7) is 0.399. The van der Waals surface area contributed by atoms with Crippen molar-refractivity contribution in [1.29, 1.82) is 0 Å². The summed E-state index contributed by atoms with van der Waals surface area (Å²) < 4.78 is 0. The van der Waals surface area contributed by atoms with E-state index in [0.717, 1.165) is 11.3 Å². The van der Waals surface area contributed by atoms with Crippen LogP contribution in [-0.2, 0) is 0 Å². The Morgan fingerprint density at radius 3 is 2.31 bits per heavy atom. The summed E-state index contributed by atoms with van der Waals surface area (Å²) in [5.41, 5.74) is 2.37. The minimum Gasteiger partial charge on any atom is -0.378 e. The van der Waals surface area contributed by atoms with Crippen LogP contribution in [0.1, 0.15) is 22.0 Å². The van der Waals surface area contributed by atoms with E-state index < -0.39 is 4.92 Å². The molecule has 0 spiro atoms. The van der Waals surface area contributed by atoms with Crippen LogP contribution in [-0.4, -0.2) is 50.5 Å². The molecule has 0 bridgehead atoms. The molecule has 0 aliphatic rings. The zero-order valence-electron chi connectivity index (χ0n) is 15.5. The number of rotatable bonds is 7. The van der Waals surface area contributed by atoms with Crippen molar-refractivity contribution in [2.24, 2.45) is 0 Å². The molecule has 26 heavy (non-hydrogen) atoms. The molecule has 138 valence electrons. The number of hydrogen-bond acceptors (Lipinski definition) is 5. The number of amides is 1. The number of nitrogens with zero attached hydrogens (tertiary/aromatic N) is 3. The number of hydrogen-bond donors (Lipinski definition) is 1. The highest BCUT2D eigenvalue weighted by Gasteiger charge is 2.17. The molecule has 0 aliphatic carbocycles. The van der Waals surface area contributed by atoms with Crippen molar-refractivity contribution in [2.75, 3.05) is 39.6 Å². The molecule has 7 nitrogen and oxygen atoms in total. The quantitative estimate of drug-likeness (QED) is 0.609. The molecule has 2 rings (SSSR count). The molecule has 0 unspecified atom stereocenters. The van der Waals surface area contributed by atoms with Crippen LogP contribution in [0.5, 0.6) is 0 Å². The summed E-state index contributed by atoms with van der Waals surface area (Å²) in [4.78, 5) is 26.8. The van der Waals surface area contributed by atoms with Gasteiger partial charge in [0.1, 0.15) is 0 Å². The average Bonchev–Trinajstić information content (AvgIpc) is 2.62. The summed E-state index contributed by atoms with van der Waals surface area (Å²) in [6, 6.07) is 13.9. The van der Waals surface area contributed by atoms with Gasteiger partial charge in [-0.1, -0.05) is 18.2 Å². The molecule has 0 fully saturated rings. The smallest absolute Gasteiger partial charge is 0.270 e. The topological polar surface area (TPSA) is 78.7 Å². The van der Waals surface area contributed by atoms with Gasteiger partial charge in [-0.3, -0.25) is 14.9 Å². The normalized spacial score (nSPS) is 11.9. The fourth-order valence-electron chi connectivity index (χ4n) is 2.65. The molecule has 0 heterocycles. The highest BCUT2D eigenvalue weighted by molar-refractivity contribution is 5.94. The summed E-state index contributed by atoms with van der Waals surface area (Å²) in [6.07, 6.45) is 0. The molecule has 0 aromatic heterocycles. The number of anilines is 1. The molecule has 0 saturated carbocycles. The number of nitro groups is 1. The van der Waals surface area contributed by atoms with Gasteiger partial charge >= 0.3 is 0 Å². The Balaban J connectivity index is 2.09. The van der Waals surface area contributed by atoms with Gasteiger partial charge in [0.2, 0.25) is 0 Å². The Bertz CT molecular complexity index is 773. The Labute approximate surface area is 153 Å². The van der Waals surface area contributed by atoms with Crippen LogP contribution in [0.2, 0.25) is 0 Å². The number of carbonyl (C=O) groups is 1. The maximum Gasteiger partial charge on any atom is 0.270 e. The second-order valence-electron chi connectivity index (χ2n) is 6.48. The van der Waals surface area contributed by atoms with Gasteiger partial charge in [0.15, 0.2) is 0 Å². The van der Waals surface area contributed by atoms with E-state index in [0.29, 0.717) is 6.54 Å². The van der Waals surface area contributed by atoms with Gasteiger partial charge in [-0.2, -0.15) is 0 Å². The third-order valence-corrected chi connectivity index (χ3v) is 4.19. The molecule has 0 saturated heterocycles. The summed E-state index contributed by atoms with van der Waals surface area (Å²) >= 11 is 0. The number of non-ortho nitro benzene ring substituents is 1. The first-order chi connectivity index (χ1) is 12.3. The molecule has 1 amide bonds. The van der Waals surface area contributed by atoms with Crippen LogP contribution in [0.15, 0.2) is 48.5 Å². The summed E-state index contributed by atoms with van der Waals surface area (Å²) in [5, 5.41) is 13.7. The molecule has 1 atom stereocenters. The largest absolute Gasteiger partial charge is 0.378 e. The first kappa shape index (κ1) is 19.4. The molecule has 2 aromatic rings. The number of nitro benzene ring substituents is 1. The van der Waals surface area contributed by atoms with Crippen LogP contribution in [0.25, 0.3) is 0 Å². The van der Waals surface area contributed by atoms with Crippen molar-refractivity contribution >= 4 is 17.3 Å². The highest BCUT2D eigenvalue weighted by atomic mass is 16.6. The fraction of sp³-hybridized carbons (Fsp3) is 0.316. The van der Waals surface area contributed by atoms with Crippen molar-refractivity contribution < 1.29 is 9.72 Å². The molecular formula is C19H24N4O3. The highest BCUT2D eigenvalue weighted by Crippen LogP contribution is 2.21. The number of benzene rings is 2. The molecule has 0 radical (unpaired) electrons. The summed E-state index contributed by atoms with van der Waals surface area (Å²) in [7, 11) is 7.86. The Hall–Kier alpha value is -2.93. The summed E-state index contributed by atoms with van der Waals surface area (Å²) in [5.74, 6) is -0.328. The van der Waals surface area contributed by atoms with E-state index in [1.807, 2.05) is 62.3 Å². The molecule has 2 aromatic carbocycles. The molecule has 7 heteroatoms. The van der Waals surface area contributed by atoms with Gasteiger partial charge in [0.05, 0.1) is 11.0 Å². The minimum atomic E-state index is -0.508. The standard InChI is InChI=1S/C19H24N4O3/c1-21(2)16-10-8-14(9-11-16)18(22(3)4)13-20-19(24)15-6-5-7-17(12-15)23(25)26/h5-12,18H,13H2,1-4H3,(H,20,24)/t18-/m1/s1. The Kier molecular flexibility index (Phi) is 6.30. The lowest BCUT2D eigenvalue weighted by Gasteiger charge is -2.25. The second kappa shape index (κ2) is 8.44. The predicted octanol–water partition coefficient (Wildman–Crippen LogP) is 2.69. The third kappa shape index (κ3) is 4.80. The van der Waals surface area contributed by atoms with E-state index >= 15 is 0 Å². The van der Waals surface area contributed by atoms with Crippen molar-refractivity contribution in [2.45, 2.75) is 6.04 Å². The van der Waals surface area contributed by atoms with Crippen molar-refractivity contribution in [3.63, 3.8) is 0 Å². The third-order valence-electron chi connectivity index (χ3n) is 4.19. The molecule has 0 aliphatic heterocycles. The van der Waals surface area contributed by atoms with E-state index in [9.17, 15) is 14.9 Å². The van der Waals surface area contributed by atoms with Gasteiger partial charge in [-0.25, -0.2) is 0 Å². The van der Waals surface area contributed by atoms with Gasteiger partial charge in [-0.15, -0.1) is 0 Å².